The summed E-state index contributed by atoms with van der Waals surface area (Å²) in [5.41, 5.74) is 0. The zero-order valence-electron chi connectivity index (χ0n) is 6.04. The molecule has 0 fully saturated rings. The second-order valence-electron chi connectivity index (χ2n) is 1.59. The molecule has 0 unspecified atom stereocenters. The van der Waals surface area contributed by atoms with E-state index in [1.54, 1.807) is 6.92 Å². The van der Waals surface area contributed by atoms with Crippen LogP contribution in [0.25, 0.3) is 0 Å². The van der Waals surface area contributed by atoms with Crippen LogP contribution >= 0.6 is 0 Å². The highest BCUT2D eigenvalue weighted by Gasteiger charge is 1.89. The summed E-state index contributed by atoms with van der Waals surface area (Å²) in [5.74, 6) is 0. The molecule has 0 rings (SSSR count). The molecule has 0 saturated carbocycles. The van der Waals surface area contributed by atoms with Crippen LogP contribution < -0.4 is 0 Å². The Labute approximate surface area is 56.0 Å². The van der Waals surface area contributed by atoms with Crippen LogP contribution in [-0.4, -0.2) is 28.2 Å². The molecule has 0 heterocycles. The summed E-state index contributed by atoms with van der Waals surface area (Å²) >= 11 is 0. The quantitative estimate of drug-likeness (QED) is 0.472. The Morgan fingerprint density at radius 3 is 1.56 bits per heavy atom. The molecular weight excluding hydrogens is 120 g/mol. The molecule has 3 nitrogen and oxygen atoms in total. The van der Waals surface area contributed by atoms with E-state index in [1.807, 2.05) is 6.92 Å². The first-order chi connectivity index (χ1) is 4.18. The van der Waals surface area contributed by atoms with Crippen LogP contribution in [0.3, 0.4) is 0 Å². The van der Waals surface area contributed by atoms with Crippen molar-refractivity contribution in [3.05, 3.63) is 0 Å². The zero-order valence-corrected chi connectivity index (χ0v) is 6.04. The summed E-state index contributed by atoms with van der Waals surface area (Å²) in [7, 11) is 0. The fourth-order valence-corrected chi connectivity index (χ4v) is 0.258. The lowest BCUT2D eigenvalue weighted by Crippen LogP contribution is -2.01. The molecule has 0 aromatic carbocycles. The highest BCUT2D eigenvalue weighted by molar-refractivity contribution is 4.31. The van der Waals surface area contributed by atoms with Crippen LogP contribution in [0.5, 0.6) is 0 Å². The third-order valence-corrected chi connectivity index (χ3v) is 0.547. The minimum Gasteiger partial charge on any atom is -0.397 e. The Balaban J connectivity index is 0. The van der Waals surface area contributed by atoms with E-state index in [0.717, 1.165) is 6.42 Å². The fraction of sp³-hybridized carbons (Fsp3) is 1.00. The van der Waals surface area contributed by atoms with Gasteiger partial charge in [-0.25, -0.2) is 0 Å². The molecule has 9 heavy (non-hydrogen) atoms. The maximum atomic E-state index is 8.11. The van der Waals surface area contributed by atoms with Gasteiger partial charge < -0.3 is 15.3 Å². The fourth-order valence-electron chi connectivity index (χ4n) is 0.258. The van der Waals surface area contributed by atoms with Crippen molar-refractivity contribution < 1.29 is 15.3 Å². The van der Waals surface area contributed by atoms with Crippen LogP contribution in [0.15, 0.2) is 0 Å². The number of hydrogen-bond acceptors (Lipinski definition) is 3. The predicted molar refractivity (Wildman–Crippen MR) is 35.9 cm³/mol. The normalized spacial score (nSPS) is 8.67. The maximum Gasteiger partial charge on any atom is 0.151 e. The highest BCUT2D eigenvalue weighted by Crippen LogP contribution is 1.88. The minimum atomic E-state index is -1.10. The lowest BCUT2D eigenvalue weighted by atomic mass is 10.3. The molecule has 0 bridgehead atoms. The van der Waals surface area contributed by atoms with Gasteiger partial charge in [0.2, 0.25) is 0 Å². The molecule has 3 N–H and O–H groups in total. The molecule has 0 saturated heterocycles. The number of hydrogen-bond donors (Lipinski definition) is 3. The third-order valence-electron chi connectivity index (χ3n) is 0.547. The van der Waals surface area contributed by atoms with E-state index in [0.29, 0.717) is 6.42 Å². The largest absolute Gasteiger partial charge is 0.397 e. The van der Waals surface area contributed by atoms with Crippen molar-refractivity contribution in [1.82, 2.24) is 0 Å². The lowest BCUT2D eigenvalue weighted by molar-refractivity contribution is -0.0453. The summed E-state index contributed by atoms with van der Waals surface area (Å²) in [5, 5.41) is 23.8. The van der Waals surface area contributed by atoms with Gasteiger partial charge in [-0.3, -0.25) is 0 Å². The molecule has 0 spiro atoms. The minimum absolute atomic E-state index is 0.250. The van der Waals surface area contributed by atoms with Gasteiger partial charge in [0.15, 0.2) is 6.29 Å². The summed E-state index contributed by atoms with van der Waals surface area (Å²) in [6, 6.07) is 0. The average Bonchev–Trinajstić information content (AvgIpc) is 1.67. The van der Waals surface area contributed by atoms with Crippen LogP contribution in [-0.2, 0) is 0 Å². The molecule has 0 aromatic heterocycles. The standard InChI is InChI=1S/C4H10O2.C2H6O/c1-2-3-4(5)6;1-2-3/h4-6H,2-3H2,1H3;3H,2H2,1H3. The van der Waals surface area contributed by atoms with Gasteiger partial charge in [0.25, 0.3) is 0 Å². The first kappa shape index (κ1) is 11.6. The van der Waals surface area contributed by atoms with Crippen molar-refractivity contribution in [3.8, 4) is 0 Å². The molecule has 3 heteroatoms. The van der Waals surface area contributed by atoms with E-state index in [2.05, 4.69) is 0 Å². The van der Waals surface area contributed by atoms with Gasteiger partial charge in [-0.15, -0.1) is 0 Å². The van der Waals surface area contributed by atoms with Gasteiger partial charge in [0.05, 0.1) is 0 Å². The zero-order chi connectivity index (χ0) is 7.70. The third kappa shape index (κ3) is 32.8. The SMILES string of the molecule is CCCC(O)O.CCO. The van der Waals surface area contributed by atoms with Gasteiger partial charge in [0.1, 0.15) is 0 Å². The van der Waals surface area contributed by atoms with Crippen LogP contribution in [0.2, 0.25) is 0 Å². The highest BCUT2D eigenvalue weighted by atomic mass is 16.5. The molecule has 0 aliphatic heterocycles. The average molecular weight is 136 g/mol. The number of aliphatic hydroxyl groups is 3. The summed E-state index contributed by atoms with van der Waals surface area (Å²) < 4.78 is 0. The second kappa shape index (κ2) is 10.8. The predicted octanol–water partition coefficient (Wildman–Crippen LogP) is 0.0958. The smallest absolute Gasteiger partial charge is 0.151 e. The van der Waals surface area contributed by atoms with E-state index in [9.17, 15) is 0 Å². The Kier molecular flexibility index (Phi) is 14.0. The lowest BCUT2D eigenvalue weighted by Gasteiger charge is -1.94. The van der Waals surface area contributed by atoms with Crippen molar-refractivity contribution in [2.24, 2.45) is 0 Å². The van der Waals surface area contributed by atoms with Crippen molar-refractivity contribution in [3.63, 3.8) is 0 Å². The molecular formula is C6H16O3. The summed E-state index contributed by atoms with van der Waals surface area (Å²) in [6.07, 6.45) is 0.215. The van der Waals surface area contributed by atoms with Gasteiger partial charge >= 0.3 is 0 Å². The van der Waals surface area contributed by atoms with Crippen molar-refractivity contribution in [1.29, 1.82) is 0 Å². The van der Waals surface area contributed by atoms with E-state index in [-0.39, 0.29) is 6.61 Å². The Morgan fingerprint density at radius 2 is 1.56 bits per heavy atom. The monoisotopic (exact) mass is 136 g/mol. The van der Waals surface area contributed by atoms with Crippen molar-refractivity contribution in [2.75, 3.05) is 6.61 Å². The van der Waals surface area contributed by atoms with Crippen molar-refractivity contribution >= 4 is 0 Å². The Bertz CT molecular complexity index is 37.3. The summed E-state index contributed by atoms with van der Waals surface area (Å²) in [6.45, 7) is 3.83. The van der Waals surface area contributed by atoms with Gasteiger partial charge in [-0.2, -0.15) is 0 Å². The van der Waals surface area contributed by atoms with E-state index < -0.39 is 6.29 Å². The molecule has 0 amide bonds. The Hall–Kier alpha value is -0.120. The summed E-state index contributed by atoms with van der Waals surface area (Å²) in [4.78, 5) is 0. The van der Waals surface area contributed by atoms with Gasteiger partial charge in [-0.05, 0) is 13.3 Å². The molecule has 0 aliphatic carbocycles. The number of aliphatic hydroxyl groups excluding tert-OH is 2. The van der Waals surface area contributed by atoms with E-state index in [4.69, 9.17) is 15.3 Å². The first-order valence-electron chi connectivity index (χ1n) is 3.16. The van der Waals surface area contributed by atoms with E-state index in [1.165, 1.54) is 0 Å². The molecule has 0 atom stereocenters. The second-order valence-corrected chi connectivity index (χ2v) is 1.59. The first-order valence-corrected chi connectivity index (χ1v) is 3.16. The van der Waals surface area contributed by atoms with Crippen LogP contribution in [0.1, 0.15) is 26.7 Å². The maximum absolute atomic E-state index is 8.11. The molecule has 0 aliphatic rings. The van der Waals surface area contributed by atoms with E-state index >= 15 is 0 Å². The molecule has 0 aromatic rings. The van der Waals surface area contributed by atoms with Crippen LogP contribution in [0, 0.1) is 0 Å². The van der Waals surface area contributed by atoms with Gasteiger partial charge in [-0.1, -0.05) is 13.3 Å². The van der Waals surface area contributed by atoms with Gasteiger partial charge in [0, 0.05) is 6.61 Å². The van der Waals surface area contributed by atoms with Crippen LogP contribution in [0.4, 0.5) is 0 Å². The topological polar surface area (TPSA) is 60.7 Å². The number of rotatable bonds is 2. The molecule has 58 valence electrons. The Morgan fingerprint density at radius 1 is 1.22 bits per heavy atom. The molecule has 0 radical (unpaired) electrons. The van der Waals surface area contributed by atoms with Crippen molar-refractivity contribution in [2.45, 2.75) is 33.0 Å².